The summed E-state index contributed by atoms with van der Waals surface area (Å²) < 4.78 is 14.2. The summed E-state index contributed by atoms with van der Waals surface area (Å²) >= 11 is 3.48. The lowest BCUT2D eigenvalue weighted by molar-refractivity contribution is -0.126. The second-order valence-corrected chi connectivity index (χ2v) is 8.12. The van der Waals surface area contributed by atoms with Crippen molar-refractivity contribution >= 4 is 39.1 Å². The van der Waals surface area contributed by atoms with Gasteiger partial charge in [0.15, 0.2) is 6.10 Å². The van der Waals surface area contributed by atoms with Crippen molar-refractivity contribution in [2.75, 3.05) is 9.96 Å². The van der Waals surface area contributed by atoms with Gasteiger partial charge in [0, 0.05) is 4.47 Å². The van der Waals surface area contributed by atoms with Gasteiger partial charge >= 0.3 is 0 Å². The maximum Gasteiger partial charge on any atom is 0.266 e. The fourth-order valence-corrected chi connectivity index (χ4v) is 4.50. The molecular weight excluding hydrogens is 451 g/mol. The third-order valence-electron chi connectivity index (χ3n) is 5.40. The first kappa shape index (κ1) is 19.0. The maximum atomic E-state index is 13.4. The number of carbonyl (C=O) groups excluding carboxylic acids is 2. The number of carbonyl (C=O) groups is 2. The van der Waals surface area contributed by atoms with Gasteiger partial charge in [0.2, 0.25) is 5.91 Å². The van der Waals surface area contributed by atoms with Gasteiger partial charge in [0.05, 0.1) is 17.4 Å². The van der Waals surface area contributed by atoms with E-state index in [0.717, 1.165) is 20.6 Å². The van der Waals surface area contributed by atoms with Crippen LogP contribution in [0.5, 0.6) is 0 Å². The lowest BCUT2D eigenvalue weighted by Gasteiger charge is -2.28. The topological polar surface area (TPSA) is 49.9 Å². The van der Waals surface area contributed by atoms with Gasteiger partial charge in [0.25, 0.3) is 5.91 Å². The van der Waals surface area contributed by atoms with E-state index in [2.05, 4.69) is 15.9 Å². The van der Waals surface area contributed by atoms with Gasteiger partial charge in [-0.1, -0.05) is 46.3 Å². The summed E-state index contributed by atoms with van der Waals surface area (Å²) in [6, 6.07) is 21.8. The molecule has 30 heavy (non-hydrogen) atoms. The van der Waals surface area contributed by atoms with Gasteiger partial charge in [-0.3, -0.25) is 14.4 Å². The molecule has 150 valence electrons. The van der Waals surface area contributed by atoms with Crippen LogP contribution in [0.3, 0.4) is 0 Å². The molecular formula is C23H16BrFN2O3. The van der Waals surface area contributed by atoms with Gasteiger partial charge in [-0.25, -0.2) is 14.4 Å². The molecule has 0 aromatic heterocycles. The first-order valence-corrected chi connectivity index (χ1v) is 10.2. The summed E-state index contributed by atoms with van der Waals surface area (Å²) in [5.41, 5.74) is 1.94. The first-order chi connectivity index (χ1) is 14.5. The van der Waals surface area contributed by atoms with Crippen LogP contribution in [0.15, 0.2) is 83.3 Å². The van der Waals surface area contributed by atoms with E-state index in [4.69, 9.17) is 4.84 Å². The van der Waals surface area contributed by atoms with Crippen LogP contribution in [-0.2, 0) is 14.4 Å². The molecule has 5 rings (SSSR count). The second kappa shape index (κ2) is 7.34. The fraction of sp³-hybridized carbons (Fsp3) is 0.130. The lowest BCUT2D eigenvalue weighted by Crippen LogP contribution is -2.37. The van der Waals surface area contributed by atoms with Crippen molar-refractivity contribution in [1.82, 2.24) is 0 Å². The fourth-order valence-electron chi connectivity index (χ4n) is 4.09. The number of halogens is 2. The molecule has 3 aromatic rings. The molecule has 0 radical (unpaired) electrons. The molecule has 3 atom stereocenters. The molecule has 0 N–H and O–H groups in total. The maximum absolute atomic E-state index is 13.4. The highest BCUT2D eigenvalue weighted by Gasteiger charge is 2.60. The highest BCUT2D eigenvalue weighted by atomic mass is 79.9. The summed E-state index contributed by atoms with van der Waals surface area (Å²) in [5.74, 6) is -1.97. The largest absolute Gasteiger partial charge is 0.273 e. The van der Waals surface area contributed by atoms with Crippen LogP contribution in [0.1, 0.15) is 11.6 Å². The Balaban J connectivity index is 1.59. The molecule has 7 heteroatoms. The van der Waals surface area contributed by atoms with Crippen LogP contribution in [0.2, 0.25) is 0 Å². The van der Waals surface area contributed by atoms with E-state index in [1.807, 2.05) is 54.6 Å². The zero-order valence-electron chi connectivity index (χ0n) is 15.6. The number of nitrogens with zero attached hydrogens (tertiary/aromatic N) is 2. The van der Waals surface area contributed by atoms with Gasteiger partial charge in [0.1, 0.15) is 11.7 Å². The molecule has 0 spiro atoms. The molecule has 5 nitrogen and oxygen atoms in total. The third kappa shape index (κ3) is 3.02. The molecule has 2 aliphatic rings. The van der Waals surface area contributed by atoms with Crippen molar-refractivity contribution < 1.29 is 18.8 Å². The SMILES string of the molecule is O=C1[C@@H]2[C@H](ON(c3ccccc3)[C@H]2c2cccc(Br)c2)C(=O)N1c1ccc(F)cc1. The van der Waals surface area contributed by atoms with Crippen LogP contribution in [0.4, 0.5) is 15.8 Å². The summed E-state index contributed by atoms with van der Waals surface area (Å²) in [6.07, 6.45) is -0.952. The molecule has 0 aliphatic carbocycles. The van der Waals surface area contributed by atoms with Crippen molar-refractivity contribution in [3.05, 3.63) is 94.7 Å². The number of para-hydroxylation sites is 1. The summed E-state index contributed by atoms with van der Waals surface area (Å²) in [5, 5.41) is 1.65. The number of hydrogen-bond acceptors (Lipinski definition) is 4. The van der Waals surface area contributed by atoms with E-state index >= 15 is 0 Å². The Kier molecular flexibility index (Phi) is 4.64. The number of hydrogen-bond donors (Lipinski definition) is 0. The van der Waals surface area contributed by atoms with Gasteiger partial charge in [-0.15, -0.1) is 0 Å². The zero-order valence-corrected chi connectivity index (χ0v) is 17.2. The van der Waals surface area contributed by atoms with Crippen LogP contribution in [0, 0.1) is 11.7 Å². The molecule has 0 saturated carbocycles. The van der Waals surface area contributed by atoms with E-state index in [0.29, 0.717) is 5.69 Å². The molecule has 3 aromatic carbocycles. The van der Waals surface area contributed by atoms with Crippen molar-refractivity contribution in [3.8, 4) is 0 Å². The highest BCUT2D eigenvalue weighted by Crippen LogP contribution is 2.47. The molecule has 0 unspecified atom stereocenters. The predicted molar refractivity (Wildman–Crippen MR) is 113 cm³/mol. The monoisotopic (exact) mass is 466 g/mol. The van der Waals surface area contributed by atoms with E-state index in [1.165, 1.54) is 24.3 Å². The Morgan fingerprint density at radius 3 is 2.27 bits per heavy atom. The van der Waals surface area contributed by atoms with E-state index in [-0.39, 0.29) is 5.91 Å². The number of rotatable bonds is 3. The number of benzene rings is 3. The van der Waals surface area contributed by atoms with Crippen molar-refractivity contribution in [1.29, 1.82) is 0 Å². The number of imide groups is 1. The van der Waals surface area contributed by atoms with Gasteiger partial charge in [-0.2, -0.15) is 0 Å². The molecule has 2 saturated heterocycles. The van der Waals surface area contributed by atoms with Crippen LogP contribution in [0.25, 0.3) is 0 Å². The minimum absolute atomic E-state index is 0.337. The molecule has 2 heterocycles. The standard InChI is InChI=1S/C23H16BrFN2O3/c24-15-6-4-5-14(13-15)20-19-21(30-27(20)18-7-2-1-3-8-18)23(29)26(22(19)28)17-11-9-16(25)10-12-17/h1-13,19-21H/t19-,20-,21-/m0/s1. The van der Waals surface area contributed by atoms with Crippen LogP contribution < -0.4 is 9.96 Å². The van der Waals surface area contributed by atoms with Crippen LogP contribution in [-0.4, -0.2) is 17.9 Å². The third-order valence-corrected chi connectivity index (χ3v) is 5.89. The molecule has 2 fully saturated rings. The number of hydroxylamine groups is 1. The molecule has 0 bridgehead atoms. The van der Waals surface area contributed by atoms with Crippen molar-refractivity contribution in [3.63, 3.8) is 0 Å². The minimum Gasteiger partial charge on any atom is -0.273 e. The Bertz CT molecular complexity index is 1120. The predicted octanol–water partition coefficient (Wildman–Crippen LogP) is 4.64. The molecule has 2 amide bonds. The zero-order chi connectivity index (χ0) is 20.8. The lowest BCUT2D eigenvalue weighted by atomic mass is 9.90. The van der Waals surface area contributed by atoms with Crippen LogP contribution >= 0.6 is 15.9 Å². The van der Waals surface area contributed by atoms with Gasteiger partial charge in [-0.05, 0) is 54.1 Å². The highest BCUT2D eigenvalue weighted by molar-refractivity contribution is 9.10. The van der Waals surface area contributed by atoms with Crippen molar-refractivity contribution in [2.24, 2.45) is 5.92 Å². The number of fused-ring (bicyclic) bond motifs is 1. The normalized spacial score (nSPS) is 23.2. The quantitative estimate of drug-likeness (QED) is 0.527. The van der Waals surface area contributed by atoms with E-state index in [9.17, 15) is 14.0 Å². The Morgan fingerprint density at radius 1 is 0.833 bits per heavy atom. The van der Waals surface area contributed by atoms with E-state index in [1.54, 1.807) is 5.06 Å². The summed E-state index contributed by atoms with van der Waals surface area (Å²) in [4.78, 5) is 33.7. The Morgan fingerprint density at radius 2 is 1.57 bits per heavy atom. The number of amides is 2. The van der Waals surface area contributed by atoms with E-state index < -0.39 is 29.8 Å². The second-order valence-electron chi connectivity index (χ2n) is 7.20. The molecule has 2 aliphatic heterocycles. The average molecular weight is 467 g/mol. The number of anilines is 2. The first-order valence-electron chi connectivity index (χ1n) is 9.44. The average Bonchev–Trinajstić information content (AvgIpc) is 3.26. The summed E-state index contributed by atoms with van der Waals surface area (Å²) in [7, 11) is 0. The Hall–Kier alpha value is -3.03. The van der Waals surface area contributed by atoms with Gasteiger partial charge < -0.3 is 0 Å². The minimum atomic E-state index is -0.952. The smallest absolute Gasteiger partial charge is 0.266 e. The summed E-state index contributed by atoms with van der Waals surface area (Å²) in [6.45, 7) is 0. The van der Waals surface area contributed by atoms with Crippen molar-refractivity contribution in [2.45, 2.75) is 12.1 Å². The Labute approximate surface area is 180 Å².